The molecule has 13 heteroatoms. The molecule has 3 aliphatic heterocycles. The van der Waals surface area contributed by atoms with E-state index in [4.69, 9.17) is 9.47 Å². The number of alkyl carbamates (subject to hydrolysis) is 1. The number of hydrogen-bond donors (Lipinski definition) is 3. The van der Waals surface area contributed by atoms with Crippen molar-refractivity contribution < 1.29 is 38.6 Å². The molecule has 0 saturated carbocycles. The lowest BCUT2D eigenvalue weighted by molar-refractivity contribution is -0.164. The van der Waals surface area contributed by atoms with Crippen LogP contribution in [0.4, 0.5) is 4.79 Å². The van der Waals surface area contributed by atoms with Gasteiger partial charge in [0.05, 0.1) is 12.6 Å². The minimum absolute atomic E-state index is 0.0238. The van der Waals surface area contributed by atoms with E-state index in [1.165, 1.54) is 21.7 Å². The van der Waals surface area contributed by atoms with Crippen LogP contribution in [0.3, 0.4) is 0 Å². The summed E-state index contributed by atoms with van der Waals surface area (Å²) in [4.78, 5) is 70.2. The van der Waals surface area contributed by atoms with Crippen molar-refractivity contribution in [2.75, 3.05) is 26.7 Å². The Morgan fingerprint density at radius 2 is 1.71 bits per heavy atom. The average Bonchev–Trinajstić information content (AvgIpc) is 3.66. The predicted octanol–water partition coefficient (Wildman–Crippen LogP) is -0.0364. The molecule has 3 saturated heterocycles. The summed E-state index contributed by atoms with van der Waals surface area (Å²) in [5.41, 5.74) is 0.755. The average molecular weight is 574 g/mol. The van der Waals surface area contributed by atoms with E-state index in [1.54, 1.807) is 38.1 Å². The summed E-state index contributed by atoms with van der Waals surface area (Å²) >= 11 is 0. The van der Waals surface area contributed by atoms with Gasteiger partial charge in [-0.3, -0.25) is 19.2 Å². The molecule has 0 bridgehead atoms. The molecule has 1 aromatic rings. The van der Waals surface area contributed by atoms with Gasteiger partial charge in [0.1, 0.15) is 30.8 Å². The van der Waals surface area contributed by atoms with E-state index in [0.717, 1.165) is 5.56 Å². The molecule has 3 heterocycles. The zero-order valence-corrected chi connectivity index (χ0v) is 23.7. The third-order valence-electron chi connectivity index (χ3n) is 8.01. The molecule has 0 aliphatic carbocycles. The Kier molecular flexibility index (Phi) is 9.81. The van der Waals surface area contributed by atoms with Gasteiger partial charge in [-0.15, -0.1) is 0 Å². The third kappa shape index (κ3) is 6.96. The Hall–Kier alpha value is -3.71. The van der Waals surface area contributed by atoms with Crippen LogP contribution in [0.5, 0.6) is 0 Å². The fraction of sp³-hybridized carbons (Fsp3) is 0.607. The number of rotatable bonds is 3. The molecule has 5 amide bonds. The van der Waals surface area contributed by atoms with Gasteiger partial charge in [0.25, 0.3) is 0 Å². The zero-order valence-electron chi connectivity index (χ0n) is 23.7. The summed E-state index contributed by atoms with van der Waals surface area (Å²) in [5.74, 6) is -1.92. The van der Waals surface area contributed by atoms with Crippen molar-refractivity contribution in [3.63, 3.8) is 0 Å². The van der Waals surface area contributed by atoms with Gasteiger partial charge in [-0.1, -0.05) is 30.3 Å². The van der Waals surface area contributed by atoms with Crippen LogP contribution in [-0.2, 0) is 35.3 Å². The molecule has 1 unspecified atom stereocenters. The minimum atomic E-state index is -1.45. The van der Waals surface area contributed by atoms with Crippen molar-refractivity contribution in [2.24, 2.45) is 0 Å². The number of nitrogens with one attached hydrogen (secondary N) is 2. The number of nitrogens with zero attached hydrogens (tertiary/aromatic N) is 3. The molecular weight excluding hydrogens is 534 g/mol. The van der Waals surface area contributed by atoms with Crippen molar-refractivity contribution >= 4 is 29.7 Å². The van der Waals surface area contributed by atoms with Crippen LogP contribution in [0, 0.1) is 0 Å². The summed E-state index contributed by atoms with van der Waals surface area (Å²) in [5, 5.41) is 16.1. The molecule has 3 fully saturated rings. The number of amides is 5. The Balaban J connectivity index is 1.58. The van der Waals surface area contributed by atoms with Crippen LogP contribution in [0.1, 0.15) is 45.1 Å². The van der Waals surface area contributed by atoms with Gasteiger partial charge in [-0.2, -0.15) is 0 Å². The van der Waals surface area contributed by atoms with Gasteiger partial charge in [0.15, 0.2) is 6.29 Å². The summed E-state index contributed by atoms with van der Waals surface area (Å²) in [6, 6.07) is 4.40. The Morgan fingerprint density at radius 1 is 1.02 bits per heavy atom. The summed E-state index contributed by atoms with van der Waals surface area (Å²) in [6.45, 7) is 3.31. The first-order valence-corrected chi connectivity index (χ1v) is 14.0. The van der Waals surface area contributed by atoms with Crippen LogP contribution in [0.25, 0.3) is 0 Å². The van der Waals surface area contributed by atoms with E-state index < -0.39 is 72.8 Å². The standard InChI is InChI=1S/C28H39N5O8/c1-17-24(35)33-14-8-12-22(33)27(38)40-16-20(30-28(39)41-15-19-9-5-4-6-10-19)25(36)32-13-7-11-21(32)26(37)31(3)18(2)23(34)29-17/h4-6,9-10,17-18,20-22,27,38H,7-8,11-16H2,1-3H3,(H,29,34)(H,30,39)/t17-,18-,20-,21-,22-,27?/m0/s1. The highest BCUT2D eigenvalue weighted by Crippen LogP contribution is 2.24. The SMILES string of the molecule is C[C@@H]1NC(=O)[C@H](C)N(C)C(=O)[C@@H]2CCCN2C(=O)[C@@H](NC(=O)OCc2ccccc2)COC(O)[C@@H]2CCCN2C1=O. The Morgan fingerprint density at radius 3 is 2.44 bits per heavy atom. The maximum atomic E-state index is 13.7. The normalized spacial score (nSPS) is 30.1. The highest BCUT2D eigenvalue weighted by atomic mass is 16.6. The maximum Gasteiger partial charge on any atom is 0.408 e. The van der Waals surface area contributed by atoms with Gasteiger partial charge < -0.3 is 39.9 Å². The minimum Gasteiger partial charge on any atom is -0.445 e. The van der Waals surface area contributed by atoms with E-state index in [-0.39, 0.29) is 13.2 Å². The molecule has 0 spiro atoms. The summed E-state index contributed by atoms with van der Waals surface area (Å²) in [7, 11) is 1.48. The highest BCUT2D eigenvalue weighted by Gasteiger charge is 2.43. The van der Waals surface area contributed by atoms with E-state index in [9.17, 15) is 29.1 Å². The van der Waals surface area contributed by atoms with E-state index in [2.05, 4.69) is 10.6 Å². The second kappa shape index (κ2) is 13.3. The number of carbonyl (C=O) groups is 5. The second-order valence-electron chi connectivity index (χ2n) is 10.8. The van der Waals surface area contributed by atoms with Crippen molar-refractivity contribution in [3.8, 4) is 0 Å². The molecular formula is C28H39N5O8. The number of benzene rings is 1. The Bertz CT molecular complexity index is 1130. The fourth-order valence-corrected chi connectivity index (χ4v) is 5.48. The molecule has 41 heavy (non-hydrogen) atoms. The van der Waals surface area contributed by atoms with E-state index in [0.29, 0.717) is 32.2 Å². The van der Waals surface area contributed by atoms with Crippen LogP contribution < -0.4 is 10.6 Å². The number of aliphatic hydroxyl groups excluding tert-OH is 1. The molecule has 3 aliphatic rings. The molecule has 3 N–H and O–H groups in total. The van der Waals surface area contributed by atoms with Gasteiger partial charge in [0.2, 0.25) is 23.6 Å². The lowest BCUT2D eigenvalue weighted by Crippen LogP contribution is -2.59. The maximum absolute atomic E-state index is 13.7. The lowest BCUT2D eigenvalue weighted by atomic mass is 10.1. The van der Waals surface area contributed by atoms with Crippen molar-refractivity contribution in [1.29, 1.82) is 0 Å². The van der Waals surface area contributed by atoms with Gasteiger partial charge in [0, 0.05) is 20.1 Å². The molecule has 4 rings (SSSR count). The van der Waals surface area contributed by atoms with Crippen LogP contribution in [-0.4, -0.2) is 113 Å². The molecule has 0 aromatic heterocycles. The lowest BCUT2D eigenvalue weighted by Gasteiger charge is -2.35. The second-order valence-corrected chi connectivity index (χ2v) is 10.8. The summed E-state index contributed by atoms with van der Waals surface area (Å²) < 4.78 is 11.0. The number of fused-ring (bicyclic) bond motifs is 2. The number of aliphatic hydroxyl groups is 1. The van der Waals surface area contributed by atoms with Gasteiger partial charge in [-0.05, 0) is 45.1 Å². The first kappa shape index (κ1) is 30.3. The summed E-state index contributed by atoms with van der Waals surface area (Å²) in [6.07, 6.45) is -0.308. The van der Waals surface area contributed by atoms with Crippen molar-refractivity contribution in [3.05, 3.63) is 35.9 Å². The molecule has 0 radical (unpaired) electrons. The molecule has 13 nitrogen and oxygen atoms in total. The predicted molar refractivity (Wildman–Crippen MR) is 145 cm³/mol. The topological polar surface area (TPSA) is 158 Å². The van der Waals surface area contributed by atoms with Gasteiger partial charge >= 0.3 is 6.09 Å². The smallest absolute Gasteiger partial charge is 0.408 e. The van der Waals surface area contributed by atoms with Crippen LogP contribution in [0.15, 0.2) is 30.3 Å². The molecule has 6 atom stereocenters. The Labute approximate surface area is 239 Å². The molecule has 224 valence electrons. The van der Waals surface area contributed by atoms with E-state index in [1.807, 2.05) is 6.07 Å². The van der Waals surface area contributed by atoms with Crippen molar-refractivity contribution in [2.45, 2.75) is 82.6 Å². The first-order chi connectivity index (χ1) is 19.6. The number of likely N-dealkylation sites (N-methyl/N-ethyl adjacent to an activating group) is 1. The fourth-order valence-electron chi connectivity index (χ4n) is 5.48. The van der Waals surface area contributed by atoms with Gasteiger partial charge in [-0.25, -0.2) is 4.79 Å². The first-order valence-electron chi connectivity index (χ1n) is 14.0. The highest BCUT2D eigenvalue weighted by molar-refractivity contribution is 5.95. The van der Waals surface area contributed by atoms with Crippen molar-refractivity contribution in [1.82, 2.24) is 25.3 Å². The zero-order chi connectivity index (χ0) is 29.7. The van der Waals surface area contributed by atoms with Crippen LogP contribution >= 0.6 is 0 Å². The number of ether oxygens (including phenoxy) is 2. The quantitative estimate of drug-likeness (QED) is 0.455. The third-order valence-corrected chi connectivity index (χ3v) is 8.01. The number of hydrogen-bond acceptors (Lipinski definition) is 8. The van der Waals surface area contributed by atoms with Crippen LogP contribution in [0.2, 0.25) is 0 Å². The molecule has 1 aromatic carbocycles. The monoisotopic (exact) mass is 573 g/mol. The largest absolute Gasteiger partial charge is 0.445 e. The number of carbonyl (C=O) groups excluding carboxylic acids is 5. The van der Waals surface area contributed by atoms with E-state index >= 15 is 0 Å².